The molecule has 2 aliphatic rings. The molecule has 7 nitrogen and oxygen atoms in total. The molecular weight excluding hydrogens is 455 g/mol. The normalized spacial score (nSPS) is 23.9. The van der Waals surface area contributed by atoms with Gasteiger partial charge in [0.25, 0.3) is 0 Å². The highest BCUT2D eigenvalue weighted by atomic mass is 127. The number of guanidine groups is 1. The zero-order valence-electron chi connectivity index (χ0n) is 15.8. The van der Waals surface area contributed by atoms with Gasteiger partial charge in [-0.1, -0.05) is 30.3 Å². The van der Waals surface area contributed by atoms with Gasteiger partial charge in [-0.3, -0.25) is 0 Å². The molecule has 0 radical (unpaired) electrons. The van der Waals surface area contributed by atoms with E-state index in [9.17, 15) is 0 Å². The van der Waals surface area contributed by atoms with E-state index in [1.807, 2.05) is 36.7 Å². The third-order valence-electron chi connectivity index (χ3n) is 5.29. The number of benzene rings is 1. The molecule has 2 aliphatic heterocycles. The van der Waals surface area contributed by atoms with Crippen LogP contribution in [-0.4, -0.2) is 39.0 Å². The predicted molar refractivity (Wildman–Crippen MR) is 115 cm³/mol. The van der Waals surface area contributed by atoms with E-state index in [1.165, 1.54) is 12.0 Å². The van der Waals surface area contributed by atoms with Crippen LogP contribution in [0, 0.1) is 6.92 Å². The Kier molecular flexibility index (Phi) is 6.69. The molecule has 1 aromatic heterocycles. The summed E-state index contributed by atoms with van der Waals surface area (Å²) in [5.74, 6) is 2.59. The molecule has 2 aromatic rings. The number of nitrogens with one attached hydrogen (secondary N) is 2. The smallest absolute Gasteiger partial charge is 0.192 e. The fraction of sp³-hybridized carbons (Fsp3) is 0.526. The first-order valence-corrected chi connectivity index (χ1v) is 9.28. The van der Waals surface area contributed by atoms with Crippen molar-refractivity contribution >= 4 is 29.9 Å². The zero-order valence-corrected chi connectivity index (χ0v) is 18.1. The number of fused-ring (bicyclic) bond motifs is 2. The predicted octanol–water partition coefficient (Wildman–Crippen LogP) is 2.30. The molecule has 2 bridgehead atoms. The fourth-order valence-electron chi connectivity index (χ4n) is 3.64. The van der Waals surface area contributed by atoms with Gasteiger partial charge in [0.2, 0.25) is 0 Å². The minimum absolute atomic E-state index is 0. The Balaban J connectivity index is 0.00000210. The minimum atomic E-state index is 0. The van der Waals surface area contributed by atoms with Crippen molar-refractivity contribution in [1.29, 1.82) is 0 Å². The molecule has 2 fully saturated rings. The fourth-order valence-corrected chi connectivity index (χ4v) is 3.64. The summed E-state index contributed by atoms with van der Waals surface area (Å²) >= 11 is 0. The van der Waals surface area contributed by atoms with E-state index in [-0.39, 0.29) is 24.0 Å². The van der Waals surface area contributed by atoms with Gasteiger partial charge >= 0.3 is 0 Å². The van der Waals surface area contributed by atoms with Gasteiger partial charge in [0.05, 0.1) is 31.3 Å². The van der Waals surface area contributed by atoms with E-state index in [2.05, 4.69) is 33.0 Å². The van der Waals surface area contributed by atoms with Crippen molar-refractivity contribution in [3.05, 3.63) is 47.5 Å². The number of aryl methyl sites for hydroxylation is 1. The molecule has 3 atom stereocenters. The minimum Gasteiger partial charge on any atom is -0.373 e. The maximum absolute atomic E-state index is 5.96. The van der Waals surface area contributed by atoms with Crippen LogP contribution in [0.3, 0.4) is 0 Å². The number of rotatable bonds is 5. The number of aromatic nitrogens is 3. The molecule has 0 aliphatic carbocycles. The number of ether oxygens (including phenoxy) is 1. The van der Waals surface area contributed by atoms with Crippen LogP contribution in [0.4, 0.5) is 0 Å². The van der Waals surface area contributed by atoms with Crippen LogP contribution in [0.5, 0.6) is 0 Å². The number of hydrogen-bond acceptors (Lipinski definition) is 4. The van der Waals surface area contributed by atoms with Crippen LogP contribution in [0.15, 0.2) is 35.3 Å². The topological polar surface area (TPSA) is 76.4 Å². The molecule has 27 heavy (non-hydrogen) atoms. The lowest BCUT2D eigenvalue weighted by molar-refractivity contribution is 0.0992. The summed E-state index contributed by atoms with van der Waals surface area (Å²) in [5.41, 5.74) is 1.19. The van der Waals surface area contributed by atoms with Crippen molar-refractivity contribution < 1.29 is 4.74 Å². The molecule has 0 amide bonds. The van der Waals surface area contributed by atoms with E-state index in [1.54, 1.807) is 0 Å². The maximum Gasteiger partial charge on any atom is 0.192 e. The van der Waals surface area contributed by atoms with Crippen LogP contribution in [0.1, 0.15) is 36.5 Å². The van der Waals surface area contributed by atoms with Gasteiger partial charge in [-0.2, -0.15) is 0 Å². The van der Waals surface area contributed by atoms with Crippen molar-refractivity contribution in [2.45, 2.75) is 57.5 Å². The standard InChI is InChI=1S/C19H26N6O.HI/c1-13-23-24-18(25(13)2)12-21-19(20-11-14-6-4-3-5-7-14)22-16-10-15-8-9-17(16)26-15;/h3-7,15-17H,8-12H2,1-2H3,(H2,20,21,22);1H. The number of hydrogen-bond donors (Lipinski definition) is 2. The van der Waals surface area contributed by atoms with Crippen molar-refractivity contribution in [2.75, 3.05) is 0 Å². The Labute approximate surface area is 177 Å². The van der Waals surface area contributed by atoms with Crippen LogP contribution >= 0.6 is 24.0 Å². The molecule has 3 heterocycles. The zero-order chi connectivity index (χ0) is 17.9. The highest BCUT2D eigenvalue weighted by molar-refractivity contribution is 14.0. The molecule has 0 saturated carbocycles. The van der Waals surface area contributed by atoms with Gasteiger partial charge < -0.3 is 19.9 Å². The quantitative estimate of drug-likeness (QED) is 0.389. The Hall–Kier alpha value is -1.68. The second kappa shape index (κ2) is 9.01. The van der Waals surface area contributed by atoms with E-state index < -0.39 is 0 Å². The lowest BCUT2D eigenvalue weighted by Gasteiger charge is -2.23. The van der Waals surface area contributed by atoms with Gasteiger partial charge in [-0.15, -0.1) is 34.2 Å². The number of aliphatic imine (C=N–C) groups is 1. The molecule has 2 saturated heterocycles. The Morgan fingerprint density at radius 1 is 1.26 bits per heavy atom. The van der Waals surface area contributed by atoms with E-state index in [4.69, 9.17) is 9.73 Å². The molecule has 1 aromatic carbocycles. The van der Waals surface area contributed by atoms with Gasteiger partial charge in [0, 0.05) is 7.05 Å². The second-order valence-electron chi connectivity index (χ2n) is 7.09. The summed E-state index contributed by atoms with van der Waals surface area (Å²) in [4.78, 5) is 4.77. The van der Waals surface area contributed by atoms with E-state index in [0.29, 0.717) is 31.3 Å². The number of halogens is 1. The lowest BCUT2D eigenvalue weighted by atomic mass is 9.96. The largest absolute Gasteiger partial charge is 0.373 e. The summed E-state index contributed by atoms with van der Waals surface area (Å²) in [7, 11) is 1.98. The molecule has 2 N–H and O–H groups in total. The van der Waals surface area contributed by atoms with Gasteiger partial charge in [0.1, 0.15) is 5.82 Å². The van der Waals surface area contributed by atoms with Crippen LogP contribution in [0.2, 0.25) is 0 Å². The van der Waals surface area contributed by atoms with Crippen molar-refractivity contribution in [3.63, 3.8) is 0 Å². The summed E-state index contributed by atoms with van der Waals surface area (Å²) in [5, 5.41) is 15.3. The number of nitrogens with zero attached hydrogens (tertiary/aromatic N) is 4. The van der Waals surface area contributed by atoms with Crippen LogP contribution in [-0.2, 0) is 24.9 Å². The molecule has 8 heteroatoms. The first-order chi connectivity index (χ1) is 12.7. The van der Waals surface area contributed by atoms with Crippen LogP contribution in [0.25, 0.3) is 0 Å². The van der Waals surface area contributed by atoms with E-state index >= 15 is 0 Å². The highest BCUT2D eigenvalue weighted by Crippen LogP contribution is 2.34. The molecule has 0 spiro atoms. The molecule has 146 valence electrons. The average Bonchev–Trinajstić information content (AvgIpc) is 3.36. The summed E-state index contributed by atoms with van der Waals surface area (Å²) in [6, 6.07) is 10.6. The average molecular weight is 482 g/mol. The third kappa shape index (κ3) is 4.78. The molecular formula is C19H27IN6O. The Bertz CT molecular complexity index is 778. The Morgan fingerprint density at radius 2 is 2.07 bits per heavy atom. The second-order valence-corrected chi connectivity index (χ2v) is 7.09. The van der Waals surface area contributed by atoms with Crippen molar-refractivity contribution in [1.82, 2.24) is 25.4 Å². The summed E-state index contributed by atoms with van der Waals surface area (Å²) in [6.45, 7) is 3.17. The monoisotopic (exact) mass is 482 g/mol. The first-order valence-electron chi connectivity index (χ1n) is 9.28. The first kappa shape index (κ1) is 20.1. The van der Waals surface area contributed by atoms with Gasteiger partial charge in [0.15, 0.2) is 11.8 Å². The SMILES string of the molecule is Cc1nnc(CNC(=NCc2ccccc2)NC2CC3CCC2O3)n1C.I. The molecule has 4 rings (SSSR count). The summed E-state index contributed by atoms with van der Waals surface area (Å²) < 4.78 is 7.95. The third-order valence-corrected chi connectivity index (χ3v) is 5.29. The Morgan fingerprint density at radius 3 is 2.70 bits per heavy atom. The molecule has 3 unspecified atom stereocenters. The summed E-state index contributed by atoms with van der Waals surface area (Å²) in [6.07, 6.45) is 4.09. The van der Waals surface area contributed by atoms with Crippen molar-refractivity contribution in [3.8, 4) is 0 Å². The highest BCUT2D eigenvalue weighted by Gasteiger charge is 2.41. The van der Waals surface area contributed by atoms with Crippen LogP contribution < -0.4 is 10.6 Å². The van der Waals surface area contributed by atoms with Crippen molar-refractivity contribution in [2.24, 2.45) is 12.0 Å². The van der Waals surface area contributed by atoms with Gasteiger partial charge in [-0.05, 0) is 31.7 Å². The maximum atomic E-state index is 5.96. The lowest BCUT2D eigenvalue weighted by Crippen LogP contribution is -2.47. The van der Waals surface area contributed by atoms with E-state index in [0.717, 1.165) is 30.5 Å². The van der Waals surface area contributed by atoms with Gasteiger partial charge in [-0.25, -0.2) is 4.99 Å².